The molecule has 0 aliphatic heterocycles. The molecule has 0 aromatic carbocycles. The number of rotatable bonds is 0. The summed E-state index contributed by atoms with van der Waals surface area (Å²) in [4.78, 5) is 0. The number of fused-ring (bicyclic) bond motifs is 5. The smallest absolute Gasteiger partial charge is 0.0933 e. The first-order valence-electron chi connectivity index (χ1n) is 9.78. The second-order valence-electron chi connectivity index (χ2n) is 9.94. The van der Waals surface area contributed by atoms with E-state index in [1.165, 1.54) is 19.3 Å². The van der Waals surface area contributed by atoms with Crippen LogP contribution in [0.5, 0.6) is 0 Å². The van der Waals surface area contributed by atoms with Crippen molar-refractivity contribution in [2.75, 3.05) is 0 Å². The largest absolute Gasteiger partial charge is 0.393 e. The average Bonchev–Trinajstić information content (AvgIpc) is 2.67. The van der Waals surface area contributed by atoms with Gasteiger partial charge in [-0.2, -0.15) is 0 Å². The van der Waals surface area contributed by atoms with E-state index in [9.17, 15) is 15.3 Å². The highest BCUT2D eigenvalue weighted by Gasteiger charge is 2.66. The van der Waals surface area contributed by atoms with Crippen LogP contribution in [0, 0.1) is 34.5 Å². The van der Waals surface area contributed by atoms with Gasteiger partial charge in [-0.3, -0.25) is 0 Å². The minimum absolute atomic E-state index is 0.0903. The molecule has 0 aromatic rings. The summed E-state index contributed by atoms with van der Waals surface area (Å²) in [5, 5.41) is 31.5. The molecular formula is C20H34O3. The van der Waals surface area contributed by atoms with Gasteiger partial charge in [0.1, 0.15) is 0 Å². The zero-order valence-corrected chi connectivity index (χ0v) is 15.0. The van der Waals surface area contributed by atoms with Gasteiger partial charge in [0.2, 0.25) is 0 Å². The van der Waals surface area contributed by atoms with Crippen molar-refractivity contribution in [1.82, 2.24) is 0 Å². The molecule has 23 heavy (non-hydrogen) atoms. The summed E-state index contributed by atoms with van der Waals surface area (Å²) in [6, 6.07) is 0. The van der Waals surface area contributed by atoms with Gasteiger partial charge in [0, 0.05) is 5.41 Å². The SMILES string of the molecule is C[C@]12CC[C@@H](O)C[C@H]1CC[C@@H]1[C@H]2CC[C@@]2(C)[C@@H]1C[C@@H](O)[C@]2(C)O. The van der Waals surface area contributed by atoms with Crippen molar-refractivity contribution < 1.29 is 15.3 Å². The van der Waals surface area contributed by atoms with Crippen LogP contribution in [-0.2, 0) is 0 Å². The molecule has 0 saturated heterocycles. The molecule has 3 nitrogen and oxygen atoms in total. The van der Waals surface area contributed by atoms with Crippen LogP contribution in [0.1, 0.15) is 72.1 Å². The van der Waals surface area contributed by atoms with E-state index in [0.29, 0.717) is 29.1 Å². The van der Waals surface area contributed by atoms with Crippen LogP contribution < -0.4 is 0 Å². The second-order valence-corrected chi connectivity index (χ2v) is 9.94. The van der Waals surface area contributed by atoms with Crippen LogP contribution in [0.25, 0.3) is 0 Å². The Morgan fingerprint density at radius 1 is 0.826 bits per heavy atom. The van der Waals surface area contributed by atoms with Crippen molar-refractivity contribution in [3.8, 4) is 0 Å². The molecule has 0 amide bonds. The molecule has 4 rings (SSSR count). The molecule has 3 heteroatoms. The zero-order chi connectivity index (χ0) is 16.6. The molecule has 4 saturated carbocycles. The number of aliphatic hydroxyl groups excluding tert-OH is 2. The minimum Gasteiger partial charge on any atom is -0.393 e. The molecule has 0 radical (unpaired) electrons. The van der Waals surface area contributed by atoms with Gasteiger partial charge < -0.3 is 15.3 Å². The van der Waals surface area contributed by atoms with Gasteiger partial charge >= 0.3 is 0 Å². The van der Waals surface area contributed by atoms with Gasteiger partial charge in [-0.1, -0.05) is 13.8 Å². The standard InChI is InChI=1S/C20H34O3/c1-18-8-6-13(21)10-12(18)4-5-14-15(18)7-9-19(2)16(14)11-17(22)20(19,3)23/h12-17,21-23H,4-11H2,1-3H3/t12-,13-,14-,15-,16-,17-,18+,19+,20+/m1/s1. The van der Waals surface area contributed by atoms with Gasteiger partial charge in [-0.15, -0.1) is 0 Å². The van der Waals surface area contributed by atoms with Crippen molar-refractivity contribution in [3.05, 3.63) is 0 Å². The van der Waals surface area contributed by atoms with Crippen molar-refractivity contribution in [2.45, 2.75) is 89.9 Å². The molecule has 0 aromatic heterocycles. The molecule has 132 valence electrons. The lowest BCUT2D eigenvalue weighted by molar-refractivity contribution is -0.164. The zero-order valence-electron chi connectivity index (χ0n) is 15.0. The van der Waals surface area contributed by atoms with Gasteiger partial charge in [-0.05, 0) is 87.4 Å². The van der Waals surface area contributed by atoms with Crippen LogP contribution in [0.2, 0.25) is 0 Å². The Balaban J connectivity index is 1.65. The van der Waals surface area contributed by atoms with Gasteiger partial charge in [0.15, 0.2) is 0 Å². The van der Waals surface area contributed by atoms with E-state index < -0.39 is 11.7 Å². The first kappa shape index (κ1) is 16.4. The fraction of sp³-hybridized carbons (Fsp3) is 1.00. The monoisotopic (exact) mass is 322 g/mol. The highest BCUT2D eigenvalue weighted by molar-refractivity contribution is 5.15. The van der Waals surface area contributed by atoms with Gasteiger partial charge in [0.25, 0.3) is 0 Å². The molecule has 0 heterocycles. The van der Waals surface area contributed by atoms with E-state index in [-0.39, 0.29) is 11.5 Å². The van der Waals surface area contributed by atoms with Crippen molar-refractivity contribution in [2.24, 2.45) is 34.5 Å². The third-order valence-corrected chi connectivity index (χ3v) is 9.31. The van der Waals surface area contributed by atoms with Crippen molar-refractivity contribution in [1.29, 1.82) is 0 Å². The number of hydrogen-bond donors (Lipinski definition) is 3. The Hall–Kier alpha value is -0.120. The fourth-order valence-corrected chi connectivity index (χ4v) is 7.47. The molecular weight excluding hydrogens is 288 g/mol. The van der Waals surface area contributed by atoms with Crippen LogP contribution in [-0.4, -0.2) is 33.1 Å². The molecule has 9 atom stereocenters. The van der Waals surface area contributed by atoms with Crippen LogP contribution in [0.15, 0.2) is 0 Å². The Morgan fingerprint density at radius 2 is 1.57 bits per heavy atom. The maximum Gasteiger partial charge on any atom is 0.0933 e. The average molecular weight is 322 g/mol. The maximum absolute atomic E-state index is 11.0. The quantitative estimate of drug-likeness (QED) is 0.642. The Bertz CT molecular complexity index is 489. The summed E-state index contributed by atoms with van der Waals surface area (Å²) < 4.78 is 0. The summed E-state index contributed by atoms with van der Waals surface area (Å²) in [5.41, 5.74) is -0.711. The molecule has 4 aliphatic rings. The molecule has 0 spiro atoms. The second kappa shape index (κ2) is 4.95. The van der Waals surface area contributed by atoms with E-state index in [2.05, 4.69) is 13.8 Å². The lowest BCUT2D eigenvalue weighted by Crippen LogP contribution is -2.57. The molecule has 0 bridgehead atoms. The van der Waals surface area contributed by atoms with E-state index >= 15 is 0 Å². The minimum atomic E-state index is -0.941. The fourth-order valence-electron chi connectivity index (χ4n) is 7.47. The predicted octanol–water partition coefficient (Wildman–Crippen LogP) is 3.11. The number of aliphatic hydroxyl groups is 3. The van der Waals surface area contributed by atoms with Gasteiger partial charge in [0.05, 0.1) is 17.8 Å². The van der Waals surface area contributed by atoms with Crippen LogP contribution in [0.3, 0.4) is 0 Å². The summed E-state index contributed by atoms with van der Waals surface area (Å²) in [5.74, 6) is 2.49. The summed E-state index contributed by atoms with van der Waals surface area (Å²) in [7, 11) is 0. The Labute approximate surface area is 140 Å². The highest BCUT2D eigenvalue weighted by atomic mass is 16.3. The van der Waals surface area contributed by atoms with Crippen molar-refractivity contribution >= 4 is 0 Å². The van der Waals surface area contributed by atoms with Gasteiger partial charge in [-0.25, -0.2) is 0 Å². The van der Waals surface area contributed by atoms with Crippen LogP contribution >= 0.6 is 0 Å². The first-order chi connectivity index (χ1) is 10.7. The Kier molecular flexibility index (Phi) is 3.52. The molecule has 4 fully saturated rings. The summed E-state index contributed by atoms with van der Waals surface area (Å²) in [6.07, 6.45) is 7.87. The third kappa shape index (κ3) is 1.99. The predicted molar refractivity (Wildman–Crippen MR) is 89.7 cm³/mol. The molecule has 4 aliphatic carbocycles. The third-order valence-electron chi connectivity index (χ3n) is 9.31. The maximum atomic E-state index is 11.0. The normalized spacial score (nSPS) is 62.3. The molecule has 0 unspecified atom stereocenters. The lowest BCUT2D eigenvalue weighted by atomic mass is 9.44. The number of hydrogen-bond acceptors (Lipinski definition) is 3. The molecule has 3 N–H and O–H groups in total. The Morgan fingerprint density at radius 3 is 2.30 bits per heavy atom. The van der Waals surface area contributed by atoms with Crippen molar-refractivity contribution in [3.63, 3.8) is 0 Å². The summed E-state index contributed by atoms with van der Waals surface area (Å²) in [6.45, 7) is 6.57. The van der Waals surface area contributed by atoms with E-state index in [1.54, 1.807) is 0 Å². The lowest BCUT2D eigenvalue weighted by Gasteiger charge is -2.61. The highest BCUT2D eigenvalue weighted by Crippen LogP contribution is 2.68. The first-order valence-corrected chi connectivity index (χ1v) is 9.78. The topological polar surface area (TPSA) is 60.7 Å². The van der Waals surface area contributed by atoms with E-state index in [0.717, 1.165) is 32.1 Å². The van der Waals surface area contributed by atoms with E-state index in [4.69, 9.17) is 0 Å². The summed E-state index contributed by atoms with van der Waals surface area (Å²) >= 11 is 0. The van der Waals surface area contributed by atoms with Crippen LogP contribution in [0.4, 0.5) is 0 Å². The van der Waals surface area contributed by atoms with E-state index in [1.807, 2.05) is 6.92 Å².